The Balaban J connectivity index is 1.72. The van der Waals surface area contributed by atoms with Gasteiger partial charge in [-0.2, -0.15) is 5.26 Å². The number of imide groups is 1. The molecule has 2 rings (SSSR count). The van der Waals surface area contributed by atoms with Crippen LogP contribution in [0.15, 0.2) is 47.1 Å². The van der Waals surface area contributed by atoms with Gasteiger partial charge in [-0.15, -0.1) is 0 Å². The lowest BCUT2D eigenvalue weighted by Crippen LogP contribution is -2.41. The van der Waals surface area contributed by atoms with Gasteiger partial charge in [-0.1, -0.05) is 0 Å². The van der Waals surface area contributed by atoms with Gasteiger partial charge < -0.3 is 14.5 Å². The van der Waals surface area contributed by atoms with Crippen LogP contribution in [-0.2, 0) is 16.1 Å². The summed E-state index contributed by atoms with van der Waals surface area (Å²) in [6.07, 6.45) is 1.46. The van der Waals surface area contributed by atoms with Crippen molar-refractivity contribution < 1.29 is 23.5 Å². The Morgan fingerprint density at radius 3 is 2.54 bits per heavy atom. The Morgan fingerprint density at radius 1 is 1.17 bits per heavy atom. The lowest BCUT2D eigenvalue weighted by molar-refractivity contribution is -0.123. The van der Waals surface area contributed by atoms with Crippen molar-refractivity contribution >= 4 is 17.9 Å². The molecule has 8 heteroatoms. The number of benzene rings is 1. The van der Waals surface area contributed by atoms with E-state index in [1.165, 1.54) is 30.5 Å². The fourth-order valence-corrected chi connectivity index (χ4v) is 1.68. The van der Waals surface area contributed by atoms with Crippen LogP contribution in [-0.4, -0.2) is 24.5 Å². The summed E-state index contributed by atoms with van der Waals surface area (Å²) < 4.78 is 9.80. The molecule has 0 aliphatic heterocycles. The van der Waals surface area contributed by atoms with Crippen LogP contribution in [0.3, 0.4) is 0 Å². The average molecular weight is 327 g/mol. The monoisotopic (exact) mass is 327 g/mol. The van der Waals surface area contributed by atoms with Crippen LogP contribution < -0.4 is 10.6 Å². The molecule has 2 N–H and O–H groups in total. The maximum absolute atomic E-state index is 11.7. The zero-order valence-corrected chi connectivity index (χ0v) is 12.4. The topological polar surface area (TPSA) is 121 Å². The molecule has 1 aromatic heterocycles. The van der Waals surface area contributed by atoms with Gasteiger partial charge in [0.05, 0.1) is 30.0 Å². The molecule has 0 unspecified atom stereocenters. The molecular formula is C16H13N3O5. The van der Waals surface area contributed by atoms with Crippen molar-refractivity contribution in [1.29, 1.82) is 5.26 Å². The average Bonchev–Trinajstić information content (AvgIpc) is 3.11. The molecular weight excluding hydrogens is 314 g/mol. The maximum Gasteiger partial charge on any atom is 0.338 e. The molecule has 0 bridgehead atoms. The quantitative estimate of drug-likeness (QED) is 0.799. The predicted octanol–water partition coefficient (Wildman–Crippen LogP) is 1.33. The molecule has 1 aromatic carbocycles. The van der Waals surface area contributed by atoms with Crippen molar-refractivity contribution in [2.45, 2.75) is 6.54 Å². The molecule has 0 radical (unpaired) electrons. The molecule has 0 fully saturated rings. The molecule has 8 nitrogen and oxygen atoms in total. The standard InChI is InChI=1S/C16H13N3O5/c17-8-11-3-5-12(6-4-11)15(21)24-10-14(20)19-16(22)18-9-13-2-1-7-23-13/h1-7H,9-10H2,(H2,18,19,20,22). The van der Waals surface area contributed by atoms with E-state index in [-0.39, 0.29) is 12.1 Å². The number of urea groups is 1. The second-order valence-electron chi connectivity index (χ2n) is 4.58. The molecule has 24 heavy (non-hydrogen) atoms. The SMILES string of the molecule is N#Cc1ccc(C(=O)OCC(=O)NC(=O)NCc2ccco2)cc1. The number of furan rings is 1. The Bertz CT molecular complexity index is 760. The molecule has 0 saturated carbocycles. The van der Waals surface area contributed by atoms with Gasteiger partial charge in [-0.25, -0.2) is 9.59 Å². The molecule has 0 spiro atoms. The van der Waals surface area contributed by atoms with E-state index in [4.69, 9.17) is 14.4 Å². The fraction of sp³-hybridized carbons (Fsp3) is 0.125. The van der Waals surface area contributed by atoms with Gasteiger partial charge in [0.15, 0.2) is 6.61 Å². The first-order valence-corrected chi connectivity index (χ1v) is 6.86. The molecule has 0 atom stereocenters. The van der Waals surface area contributed by atoms with Crippen LogP contribution in [0.25, 0.3) is 0 Å². The van der Waals surface area contributed by atoms with E-state index in [0.717, 1.165) is 0 Å². The van der Waals surface area contributed by atoms with Crippen molar-refractivity contribution in [3.8, 4) is 6.07 Å². The molecule has 122 valence electrons. The van der Waals surface area contributed by atoms with Crippen molar-refractivity contribution in [2.75, 3.05) is 6.61 Å². The number of nitrogens with one attached hydrogen (secondary N) is 2. The highest BCUT2D eigenvalue weighted by atomic mass is 16.5. The second-order valence-corrected chi connectivity index (χ2v) is 4.58. The lowest BCUT2D eigenvalue weighted by Gasteiger charge is -2.06. The number of amides is 3. The van der Waals surface area contributed by atoms with Crippen molar-refractivity contribution in [1.82, 2.24) is 10.6 Å². The number of nitrogens with zero attached hydrogens (tertiary/aromatic N) is 1. The maximum atomic E-state index is 11.7. The minimum absolute atomic E-state index is 0.122. The Labute approximate surface area is 137 Å². The highest BCUT2D eigenvalue weighted by molar-refractivity contribution is 5.97. The molecule has 1 heterocycles. The predicted molar refractivity (Wildman–Crippen MR) is 80.5 cm³/mol. The smallest absolute Gasteiger partial charge is 0.338 e. The van der Waals surface area contributed by atoms with Gasteiger partial charge in [0.2, 0.25) is 0 Å². The van der Waals surface area contributed by atoms with Gasteiger partial charge in [0.1, 0.15) is 5.76 Å². The van der Waals surface area contributed by atoms with E-state index < -0.39 is 24.5 Å². The number of hydrogen-bond acceptors (Lipinski definition) is 6. The van der Waals surface area contributed by atoms with E-state index in [1.54, 1.807) is 12.1 Å². The van der Waals surface area contributed by atoms with Crippen LogP contribution >= 0.6 is 0 Å². The first-order chi connectivity index (χ1) is 11.6. The van der Waals surface area contributed by atoms with E-state index in [0.29, 0.717) is 11.3 Å². The normalized spacial score (nSPS) is 9.62. The Kier molecular flexibility index (Phi) is 5.69. The summed E-state index contributed by atoms with van der Waals surface area (Å²) in [5.41, 5.74) is 0.599. The lowest BCUT2D eigenvalue weighted by atomic mass is 10.1. The minimum Gasteiger partial charge on any atom is -0.467 e. The molecule has 0 aliphatic carbocycles. The number of rotatable bonds is 5. The van der Waals surface area contributed by atoms with Crippen molar-refractivity contribution in [3.63, 3.8) is 0 Å². The summed E-state index contributed by atoms with van der Waals surface area (Å²) in [5.74, 6) is -0.968. The summed E-state index contributed by atoms with van der Waals surface area (Å²) in [6, 6.07) is 10.3. The van der Waals surface area contributed by atoms with Crippen LogP contribution in [0.4, 0.5) is 4.79 Å². The van der Waals surface area contributed by atoms with Gasteiger partial charge in [0, 0.05) is 0 Å². The Hall–Kier alpha value is -3.60. The van der Waals surface area contributed by atoms with Gasteiger partial charge in [-0.3, -0.25) is 10.1 Å². The largest absolute Gasteiger partial charge is 0.467 e. The molecule has 0 saturated heterocycles. The Morgan fingerprint density at radius 2 is 1.92 bits per heavy atom. The number of esters is 1. The molecule has 3 amide bonds. The third kappa shape index (κ3) is 4.99. The third-order valence-corrected chi connectivity index (χ3v) is 2.84. The van der Waals surface area contributed by atoms with Crippen molar-refractivity contribution in [2.24, 2.45) is 0 Å². The highest BCUT2D eigenvalue weighted by Crippen LogP contribution is 2.05. The number of ether oxygens (including phenoxy) is 1. The summed E-state index contributed by atoms with van der Waals surface area (Å²) in [7, 11) is 0. The number of nitriles is 1. The van der Waals surface area contributed by atoms with Gasteiger partial charge in [0.25, 0.3) is 5.91 Å². The fourth-order valence-electron chi connectivity index (χ4n) is 1.68. The number of carbonyl (C=O) groups excluding carboxylic acids is 3. The van der Waals surface area contributed by atoms with Crippen LogP contribution in [0.1, 0.15) is 21.7 Å². The van der Waals surface area contributed by atoms with E-state index >= 15 is 0 Å². The number of carbonyl (C=O) groups is 3. The van der Waals surface area contributed by atoms with Crippen LogP contribution in [0.5, 0.6) is 0 Å². The first kappa shape index (κ1) is 16.8. The minimum atomic E-state index is -0.770. The zero-order valence-electron chi connectivity index (χ0n) is 12.4. The first-order valence-electron chi connectivity index (χ1n) is 6.86. The van der Waals surface area contributed by atoms with E-state index in [2.05, 4.69) is 5.32 Å². The van der Waals surface area contributed by atoms with Gasteiger partial charge in [-0.05, 0) is 36.4 Å². The summed E-state index contributed by atoms with van der Waals surface area (Å²) in [5, 5.41) is 13.1. The molecule has 0 aliphatic rings. The summed E-state index contributed by atoms with van der Waals surface area (Å²) >= 11 is 0. The summed E-state index contributed by atoms with van der Waals surface area (Å²) in [4.78, 5) is 34.7. The highest BCUT2D eigenvalue weighted by Gasteiger charge is 2.12. The van der Waals surface area contributed by atoms with Crippen LogP contribution in [0.2, 0.25) is 0 Å². The van der Waals surface area contributed by atoms with E-state index in [1.807, 2.05) is 11.4 Å². The second kappa shape index (κ2) is 8.14. The summed E-state index contributed by atoms with van der Waals surface area (Å²) in [6.45, 7) is -0.482. The van der Waals surface area contributed by atoms with Crippen LogP contribution in [0, 0.1) is 11.3 Å². The molecule has 2 aromatic rings. The van der Waals surface area contributed by atoms with Crippen molar-refractivity contribution in [3.05, 3.63) is 59.5 Å². The zero-order chi connectivity index (χ0) is 17.4. The number of hydrogen-bond donors (Lipinski definition) is 2. The van der Waals surface area contributed by atoms with Gasteiger partial charge >= 0.3 is 12.0 Å². The third-order valence-electron chi connectivity index (χ3n) is 2.84. The van der Waals surface area contributed by atoms with E-state index in [9.17, 15) is 14.4 Å².